The van der Waals surface area contributed by atoms with E-state index >= 15 is 0 Å². The van der Waals surface area contributed by atoms with Crippen LogP contribution in [0.1, 0.15) is 17.7 Å². The number of aromatic nitrogens is 1. The molecule has 0 saturated carbocycles. The number of aryl methyl sites for hydroxylation is 2. The molecule has 0 bridgehead atoms. The number of nitrogens with one attached hydrogen (secondary N) is 1. The highest BCUT2D eigenvalue weighted by atomic mass is 16.5. The molecule has 8 heteroatoms. The summed E-state index contributed by atoms with van der Waals surface area (Å²) in [5.74, 6) is 1.16. The van der Waals surface area contributed by atoms with E-state index in [0.29, 0.717) is 24.7 Å². The Labute approximate surface area is 170 Å². The van der Waals surface area contributed by atoms with Crippen molar-refractivity contribution in [2.75, 3.05) is 56.0 Å². The van der Waals surface area contributed by atoms with Crippen molar-refractivity contribution in [1.82, 2.24) is 15.0 Å². The fraction of sp³-hybridized carbons (Fsp3) is 0.476. The molecule has 0 spiro atoms. The first-order valence-electron chi connectivity index (χ1n) is 10.1. The highest BCUT2D eigenvalue weighted by Gasteiger charge is 2.26. The van der Waals surface area contributed by atoms with Crippen LogP contribution in [-0.2, 0) is 16.0 Å². The number of carbonyl (C=O) groups is 2. The van der Waals surface area contributed by atoms with Gasteiger partial charge >= 0.3 is 0 Å². The van der Waals surface area contributed by atoms with Crippen LogP contribution in [0.5, 0.6) is 0 Å². The smallest absolute Gasteiger partial charge is 0.241 e. The van der Waals surface area contributed by atoms with Crippen molar-refractivity contribution >= 4 is 23.3 Å². The lowest BCUT2D eigenvalue weighted by Gasteiger charge is -2.36. The minimum atomic E-state index is -0.104. The summed E-state index contributed by atoms with van der Waals surface area (Å²) in [6, 6.07) is 9.87. The normalized spacial score (nSPS) is 17.8. The zero-order valence-corrected chi connectivity index (χ0v) is 16.8. The number of nitrogens with zero attached hydrogens (tertiary/aromatic N) is 4. The number of anilines is 2. The summed E-state index contributed by atoms with van der Waals surface area (Å²) >= 11 is 0. The Bertz CT molecular complexity index is 873. The molecule has 2 aliphatic heterocycles. The molecular weight excluding hydrogens is 370 g/mol. The Morgan fingerprint density at radius 2 is 1.79 bits per heavy atom. The molecule has 2 amide bonds. The molecule has 3 heterocycles. The van der Waals surface area contributed by atoms with Crippen LogP contribution in [0.15, 0.2) is 34.9 Å². The van der Waals surface area contributed by atoms with Crippen LogP contribution in [-0.4, -0.2) is 72.6 Å². The SMILES string of the molecule is Cc1cc(NC(=O)CN2CCN(CC(=O)N3CCCc4ccccc43)CC2)no1. The second kappa shape index (κ2) is 8.75. The lowest BCUT2D eigenvalue weighted by Crippen LogP contribution is -2.52. The molecule has 0 radical (unpaired) electrons. The summed E-state index contributed by atoms with van der Waals surface area (Å²) in [6.45, 7) is 6.38. The first-order chi connectivity index (χ1) is 14.1. The van der Waals surface area contributed by atoms with Gasteiger partial charge in [-0.2, -0.15) is 0 Å². The van der Waals surface area contributed by atoms with Gasteiger partial charge < -0.3 is 14.7 Å². The minimum absolute atomic E-state index is 0.104. The van der Waals surface area contributed by atoms with E-state index in [1.54, 1.807) is 13.0 Å². The topological polar surface area (TPSA) is 81.9 Å². The van der Waals surface area contributed by atoms with Crippen molar-refractivity contribution in [2.24, 2.45) is 0 Å². The van der Waals surface area contributed by atoms with Crippen molar-refractivity contribution in [3.63, 3.8) is 0 Å². The fourth-order valence-corrected chi connectivity index (χ4v) is 3.99. The van der Waals surface area contributed by atoms with E-state index in [2.05, 4.69) is 26.3 Å². The molecule has 1 saturated heterocycles. The number of benzene rings is 1. The summed E-state index contributed by atoms with van der Waals surface area (Å²) in [7, 11) is 0. The molecular formula is C21H27N5O3. The van der Waals surface area contributed by atoms with Gasteiger partial charge in [0.15, 0.2) is 5.82 Å². The Morgan fingerprint density at radius 3 is 2.52 bits per heavy atom. The highest BCUT2D eigenvalue weighted by molar-refractivity contribution is 5.96. The number of hydrogen-bond donors (Lipinski definition) is 1. The van der Waals surface area contributed by atoms with Crippen LogP contribution in [0.3, 0.4) is 0 Å². The van der Waals surface area contributed by atoms with E-state index in [-0.39, 0.29) is 11.8 Å². The first kappa shape index (κ1) is 19.6. The van der Waals surface area contributed by atoms with Crippen molar-refractivity contribution in [3.05, 3.63) is 41.7 Å². The molecule has 2 aliphatic rings. The van der Waals surface area contributed by atoms with Crippen LogP contribution < -0.4 is 10.2 Å². The van der Waals surface area contributed by atoms with Gasteiger partial charge in [-0.05, 0) is 31.4 Å². The third-order valence-corrected chi connectivity index (χ3v) is 5.50. The molecule has 1 aromatic heterocycles. The van der Waals surface area contributed by atoms with E-state index in [1.807, 2.05) is 23.1 Å². The number of para-hydroxylation sites is 1. The van der Waals surface area contributed by atoms with Crippen LogP contribution in [0.4, 0.5) is 11.5 Å². The van der Waals surface area contributed by atoms with Gasteiger partial charge in [-0.3, -0.25) is 19.4 Å². The minimum Gasteiger partial charge on any atom is -0.360 e. The highest BCUT2D eigenvalue weighted by Crippen LogP contribution is 2.26. The third kappa shape index (κ3) is 4.83. The molecule has 1 fully saturated rings. The maximum Gasteiger partial charge on any atom is 0.241 e. The Hall–Kier alpha value is -2.71. The predicted octanol–water partition coefficient (Wildman–Crippen LogP) is 1.52. The molecule has 1 N–H and O–H groups in total. The zero-order valence-electron chi connectivity index (χ0n) is 16.8. The molecule has 0 aliphatic carbocycles. The zero-order chi connectivity index (χ0) is 20.2. The van der Waals surface area contributed by atoms with Crippen LogP contribution >= 0.6 is 0 Å². The largest absolute Gasteiger partial charge is 0.360 e. The number of carbonyl (C=O) groups excluding carboxylic acids is 2. The van der Waals surface area contributed by atoms with E-state index < -0.39 is 0 Å². The van der Waals surface area contributed by atoms with Gasteiger partial charge in [-0.1, -0.05) is 23.4 Å². The standard InChI is InChI=1S/C21H27N5O3/c1-16-13-19(23-29-16)22-20(27)14-24-9-11-25(12-10-24)15-21(28)26-8-4-6-17-5-2-3-7-18(17)26/h2-3,5,7,13H,4,6,8-12,14-15H2,1H3,(H,22,23,27). The van der Waals surface area contributed by atoms with Gasteiger partial charge in [0.2, 0.25) is 11.8 Å². The van der Waals surface area contributed by atoms with Crippen molar-refractivity contribution < 1.29 is 14.1 Å². The number of amides is 2. The van der Waals surface area contributed by atoms with Gasteiger partial charge in [0, 0.05) is 44.5 Å². The van der Waals surface area contributed by atoms with E-state index in [0.717, 1.165) is 51.3 Å². The van der Waals surface area contributed by atoms with Gasteiger partial charge in [0.1, 0.15) is 5.76 Å². The third-order valence-electron chi connectivity index (χ3n) is 5.50. The molecule has 154 valence electrons. The van der Waals surface area contributed by atoms with Crippen molar-refractivity contribution in [2.45, 2.75) is 19.8 Å². The first-order valence-corrected chi connectivity index (χ1v) is 10.1. The second-order valence-corrected chi connectivity index (χ2v) is 7.70. The van der Waals surface area contributed by atoms with E-state index in [1.165, 1.54) is 5.56 Å². The van der Waals surface area contributed by atoms with Crippen LogP contribution in [0.25, 0.3) is 0 Å². The molecule has 29 heavy (non-hydrogen) atoms. The Kier molecular flexibility index (Phi) is 5.92. The van der Waals surface area contributed by atoms with E-state index in [9.17, 15) is 9.59 Å². The van der Waals surface area contributed by atoms with Gasteiger partial charge in [-0.25, -0.2) is 0 Å². The van der Waals surface area contributed by atoms with Gasteiger partial charge in [0.05, 0.1) is 13.1 Å². The van der Waals surface area contributed by atoms with Crippen molar-refractivity contribution in [1.29, 1.82) is 0 Å². The summed E-state index contributed by atoms with van der Waals surface area (Å²) in [5, 5.41) is 6.52. The van der Waals surface area contributed by atoms with Gasteiger partial charge in [-0.15, -0.1) is 0 Å². The molecule has 0 unspecified atom stereocenters. The number of piperazine rings is 1. The molecule has 2 aromatic rings. The quantitative estimate of drug-likeness (QED) is 0.824. The predicted molar refractivity (Wildman–Crippen MR) is 110 cm³/mol. The van der Waals surface area contributed by atoms with Crippen LogP contribution in [0, 0.1) is 6.92 Å². The molecule has 4 rings (SSSR count). The maximum absolute atomic E-state index is 12.9. The maximum atomic E-state index is 12.9. The average Bonchev–Trinajstić information content (AvgIpc) is 3.13. The number of fused-ring (bicyclic) bond motifs is 1. The summed E-state index contributed by atoms with van der Waals surface area (Å²) in [6.07, 6.45) is 2.05. The second-order valence-electron chi connectivity index (χ2n) is 7.70. The number of rotatable bonds is 5. The van der Waals surface area contributed by atoms with Crippen molar-refractivity contribution in [3.8, 4) is 0 Å². The molecule has 8 nitrogen and oxygen atoms in total. The lowest BCUT2D eigenvalue weighted by molar-refractivity contribution is -0.121. The summed E-state index contributed by atoms with van der Waals surface area (Å²) in [4.78, 5) is 31.2. The number of hydrogen-bond acceptors (Lipinski definition) is 6. The average molecular weight is 397 g/mol. The summed E-state index contributed by atoms with van der Waals surface area (Å²) < 4.78 is 4.96. The monoisotopic (exact) mass is 397 g/mol. The van der Waals surface area contributed by atoms with E-state index in [4.69, 9.17) is 4.52 Å². The Morgan fingerprint density at radius 1 is 1.07 bits per heavy atom. The Balaban J connectivity index is 1.24. The summed E-state index contributed by atoms with van der Waals surface area (Å²) in [5.41, 5.74) is 2.31. The van der Waals surface area contributed by atoms with Gasteiger partial charge in [0.25, 0.3) is 0 Å². The molecule has 0 atom stereocenters. The lowest BCUT2D eigenvalue weighted by atomic mass is 10.0. The van der Waals surface area contributed by atoms with Crippen LogP contribution in [0.2, 0.25) is 0 Å². The molecule has 1 aromatic carbocycles. The fourth-order valence-electron chi connectivity index (χ4n) is 3.99.